The van der Waals surface area contributed by atoms with E-state index in [-0.39, 0.29) is 59.0 Å². The number of ether oxygens (including phenoxy) is 5. The summed E-state index contributed by atoms with van der Waals surface area (Å²) in [5.41, 5.74) is 17.5. The first-order chi connectivity index (χ1) is 42.5. The molecule has 94 heavy (non-hydrogen) atoms. The van der Waals surface area contributed by atoms with Gasteiger partial charge in [0.25, 0.3) is 17.7 Å². The predicted octanol–water partition coefficient (Wildman–Crippen LogP) is 9.79. The van der Waals surface area contributed by atoms with Crippen molar-refractivity contribution in [2.45, 2.75) is 279 Å². The highest BCUT2D eigenvalue weighted by molar-refractivity contribution is 6.14. The maximum atomic E-state index is 11.8. The Morgan fingerprint density at radius 1 is 0.500 bits per heavy atom. The molecule has 2 rings (SSSR count). The third-order valence-corrected chi connectivity index (χ3v) is 13.6. The molecule has 0 aromatic heterocycles. The largest absolute Gasteiger partial charge is 0.465 e. The molecule has 0 bridgehead atoms. The highest BCUT2D eigenvalue weighted by atomic mass is 16.7. The molecule has 0 aromatic carbocycles. The van der Waals surface area contributed by atoms with Crippen LogP contribution in [0.3, 0.4) is 0 Å². The number of carbonyl (C=O) groups excluding carboxylic acids is 11. The van der Waals surface area contributed by atoms with Crippen molar-refractivity contribution in [1.29, 1.82) is 0 Å². The third kappa shape index (κ3) is 49.3. The molecule has 0 radical (unpaired) electrons. The van der Waals surface area contributed by atoms with E-state index < -0.39 is 84.2 Å². The van der Waals surface area contributed by atoms with Gasteiger partial charge in [-0.25, -0.2) is 14.4 Å². The third-order valence-electron chi connectivity index (χ3n) is 13.6. The Morgan fingerprint density at radius 2 is 0.830 bits per heavy atom. The van der Waals surface area contributed by atoms with Gasteiger partial charge in [0.15, 0.2) is 0 Å². The van der Waals surface area contributed by atoms with Gasteiger partial charge in [0.1, 0.15) is 42.7 Å². The lowest BCUT2D eigenvalue weighted by molar-refractivity contribution is -0.187. The van der Waals surface area contributed by atoms with Crippen molar-refractivity contribution in [1.82, 2.24) is 20.6 Å². The van der Waals surface area contributed by atoms with Gasteiger partial charge in [0.2, 0.25) is 11.8 Å². The van der Waals surface area contributed by atoms with Gasteiger partial charge in [-0.15, -0.1) is 5.06 Å². The van der Waals surface area contributed by atoms with Crippen LogP contribution in [0.1, 0.15) is 250 Å². The standard InChI is InChI=1S/C18H28N2O6.C16H24N2O5.C13H27NO2.C12H25NO2.C11H23NO2/c1-12-7-8-15(22)20(12)26-16(23)11-14(21)19-13(2)17(24)25-10-6-9-18(3,4)5;1-11(15(22)23-9-5-8-16(2,3)4)17-12(19)10-18-13(20)6-7-14(18)21;1-12(2,3)8-7-9-16-11(15)10(14)13(4,5)6;1-9(2)10(13)11(14)15-8-6-7-12(3,4)5;1-10(2,3)7-6-8-14-9(13)11(4,5)12/h13H,1,6-11H2,2-5H3,(H,19,21);6-7,11H,5,8-10H2,1-4H3,(H,17,19);10H,7-9,14H2,1-6H3;9-10H,6-8,13H2,1-5H3;6-8,12H2,1-5H3. The molecule has 24 heteroatoms. The van der Waals surface area contributed by atoms with Crippen molar-refractivity contribution < 1.29 is 81.3 Å². The summed E-state index contributed by atoms with van der Waals surface area (Å²) < 4.78 is 25.5. The molecule has 1 saturated heterocycles. The van der Waals surface area contributed by atoms with E-state index in [0.29, 0.717) is 54.8 Å². The summed E-state index contributed by atoms with van der Waals surface area (Å²) in [6.07, 6.45) is 11.4. The number of hydrogen-bond acceptors (Lipinski definition) is 20. The highest BCUT2D eigenvalue weighted by Crippen LogP contribution is 2.25. The second-order valence-electron chi connectivity index (χ2n) is 32.0. The number of allylic oxidation sites excluding steroid dienone is 1. The van der Waals surface area contributed by atoms with E-state index in [0.717, 1.165) is 86.3 Å². The Hall–Kier alpha value is -6.27. The molecule has 1 fully saturated rings. The first kappa shape index (κ1) is 91.9. The van der Waals surface area contributed by atoms with E-state index in [2.05, 4.69) is 121 Å². The van der Waals surface area contributed by atoms with E-state index >= 15 is 0 Å². The summed E-state index contributed by atoms with van der Waals surface area (Å²) >= 11 is 0. The monoisotopic (exact) mass is 1340 g/mol. The number of imide groups is 1. The van der Waals surface area contributed by atoms with Crippen LogP contribution >= 0.6 is 0 Å². The molecule has 24 nitrogen and oxygen atoms in total. The average Bonchev–Trinajstić information content (AvgIpc) is 1.71. The molecule has 4 atom stereocenters. The van der Waals surface area contributed by atoms with Gasteiger partial charge in [0.05, 0.1) is 38.7 Å². The fourth-order valence-corrected chi connectivity index (χ4v) is 7.56. The van der Waals surface area contributed by atoms with Crippen molar-refractivity contribution in [2.75, 3.05) is 39.6 Å². The fraction of sp³-hybridized carbons (Fsp3) is 0.786. The number of hydrogen-bond donors (Lipinski definition) is 5. The zero-order chi connectivity index (χ0) is 74.0. The summed E-state index contributed by atoms with van der Waals surface area (Å²) in [7, 11) is 0. The number of carbonyl (C=O) groups is 11. The fourth-order valence-electron chi connectivity index (χ4n) is 7.56. The van der Waals surface area contributed by atoms with Gasteiger partial charge in [-0.2, -0.15) is 0 Å². The smallest absolute Gasteiger partial charge is 0.342 e. The van der Waals surface area contributed by atoms with E-state index in [1.165, 1.54) is 13.8 Å². The molecule has 8 N–H and O–H groups in total. The summed E-state index contributed by atoms with van der Waals surface area (Å²) in [4.78, 5) is 133. The quantitative estimate of drug-likeness (QED) is 0.0160. The average molecular weight is 1340 g/mol. The molecular formula is C70H127N7O17. The first-order valence-electron chi connectivity index (χ1n) is 33.0. The molecule has 0 saturated carbocycles. The van der Waals surface area contributed by atoms with Crippen molar-refractivity contribution >= 4 is 65.4 Å². The molecule has 5 amide bonds. The van der Waals surface area contributed by atoms with Crippen molar-refractivity contribution in [3.63, 3.8) is 0 Å². The first-order valence-corrected chi connectivity index (χ1v) is 33.0. The van der Waals surface area contributed by atoms with Crippen LogP contribution in [0.5, 0.6) is 0 Å². The van der Waals surface area contributed by atoms with Crippen LogP contribution in [-0.4, -0.2) is 145 Å². The molecule has 2 heterocycles. The minimum Gasteiger partial charge on any atom is -0.465 e. The van der Waals surface area contributed by atoms with Gasteiger partial charge in [0, 0.05) is 18.6 Å². The number of nitrogens with two attached hydrogens (primary N) is 3. The second kappa shape index (κ2) is 43.0. The van der Waals surface area contributed by atoms with Gasteiger partial charge in [-0.05, 0) is 137 Å². The molecule has 0 spiro atoms. The zero-order valence-corrected chi connectivity index (χ0v) is 62.3. The Balaban J connectivity index is -0.00000113. The minimum absolute atomic E-state index is 0.139. The van der Waals surface area contributed by atoms with Crippen LogP contribution in [0.25, 0.3) is 0 Å². The van der Waals surface area contributed by atoms with E-state index in [4.69, 9.17) is 45.7 Å². The molecule has 0 aliphatic carbocycles. The Bertz CT molecular complexity index is 2410. The molecule has 0 aromatic rings. The molecular weight excluding hydrogens is 1210 g/mol. The Labute approximate surface area is 564 Å². The Kier molecular flexibility index (Phi) is 42.1. The summed E-state index contributed by atoms with van der Waals surface area (Å²) in [5, 5.41) is 5.60. The summed E-state index contributed by atoms with van der Waals surface area (Å²) in [5.74, 6) is -5.49. The van der Waals surface area contributed by atoms with Crippen molar-refractivity contribution in [2.24, 2.45) is 55.6 Å². The normalized spacial score (nSPS) is 14.8. The van der Waals surface area contributed by atoms with Crippen LogP contribution in [0.15, 0.2) is 24.4 Å². The molecule has 544 valence electrons. The maximum Gasteiger partial charge on any atom is 0.342 e. The van der Waals surface area contributed by atoms with Gasteiger partial charge < -0.3 is 56.4 Å². The summed E-state index contributed by atoms with van der Waals surface area (Å²) in [6.45, 7) is 53.3. The number of nitrogens with zero attached hydrogens (tertiary/aromatic N) is 2. The second-order valence-corrected chi connectivity index (χ2v) is 32.0. The molecule has 2 aliphatic heterocycles. The maximum absolute atomic E-state index is 11.8. The highest BCUT2D eigenvalue weighted by Gasteiger charge is 2.32. The number of nitrogens with one attached hydrogen (secondary N) is 2. The van der Waals surface area contributed by atoms with Crippen LogP contribution in [0.4, 0.5) is 0 Å². The van der Waals surface area contributed by atoms with Crippen molar-refractivity contribution in [3.05, 3.63) is 24.4 Å². The van der Waals surface area contributed by atoms with E-state index in [1.54, 1.807) is 13.8 Å². The number of hydroxylamine groups is 2. The van der Waals surface area contributed by atoms with Gasteiger partial charge in [-0.1, -0.05) is 145 Å². The lowest BCUT2D eigenvalue weighted by atomic mass is 9.87. The Morgan fingerprint density at radius 3 is 1.14 bits per heavy atom. The van der Waals surface area contributed by atoms with E-state index in [1.807, 2.05) is 34.6 Å². The van der Waals surface area contributed by atoms with Crippen LogP contribution in [0.2, 0.25) is 0 Å². The molecule has 2 aliphatic rings. The minimum atomic E-state index is -0.898. The van der Waals surface area contributed by atoms with Crippen molar-refractivity contribution in [3.8, 4) is 0 Å². The van der Waals surface area contributed by atoms with Crippen LogP contribution < -0.4 is 27.8 Å². The van der Waals surface area contributed by atoms with Crippen LogP contribution in [0, 0.1) is 38.4 Å². The SMILES string of the molecule is C=C1CCC(=O)N1OC(=O)CC(=O)NC(C)C(=O)OCCCC(C)(C)C.CC(C)(C)CCCOC(=O)C(C)(C)N.CC(C)(C)CCCOC(=O)C(N)C(C)(C)C.CC(C)C(N)C(=O)OCCCC(C)(C)C.CC(NC(=O)CN1C(=O)C=CC1=O)C(=O)OCCCC(C)(C)C. The lowest BCUT2D eigenvalue weighted by Crippen LogP contribution is -2.46. The van der Waals surface area contributed by atoms with E-state index in [9.17, 15) is 52.7 Å². The van der Waals surface area contributed by atoms with Gasteiger partial charge >= 0.3 is 35.8 Å². The molecule has 4 unspecified atom stereocenters. The van der Waals surface area contributed by atoms with Gasteiger partial charge in [-0.3, -0.25) is 43.3 Å². The zero-order valence-electron chi connectivity index (χ0n) is 62.3. The summed E-state index contributed by atoms with van der Waals surface area (Å²) in [6, 6.07) is -2.74. The lowest BCUT2D eigenvalue weighted by Gasteiger charge is -2.25. The number of esters is 5. The topological polar surface area (TPSA) is 352 Å². The number of amides is 5. The predicted molar refractivity (Wildman–Crippen MR) is 364 cm³/mol. The number of rotatable bonds is 28. The van der Waals surface area contributed by atoms with Crippen LogP contribution in [-0.2, 0) is 81.3 Å².